The van der Waals surface area contributed by atoms with E-state index in [1.807, 2.05) is 16.8 Å². The van der Waals surface area contributed by atoms with Gasteiger partial charge in [-0.3, -0.25) is 0 Å². The number of likely N-dealkylation sites (tertiary alicyclic amines) is 1. The van der Waals surface area contributed by atoms with E-state index in [4.69, 9.17) is 0 Å². The Morgan fingerprint density at radius 3 is 3.06 bits per heavy atom. The zero-order chi connectivity index (χ0) is 11.8. The summed E-state index contributed by atoms with van der Waals surface area (Å²) in [5.74, 6) is 1.52. The molecule has 4 heteroatoms. The molecule has 0 amide bonds. The van der Waals surface area contributed by atoms with Crippen molar-refractivity contribution >= 4 is 5.65 Å². The van der Waals surface area contributed by atoms with Gasteiger partial charge in [-0.1, -0.05) is 13.0 Å². The first-order valence-corrected chi connectivity index (χ1v) is 6.31. The van der Waals surface area contributed by atoms with Gasteiger partial charge < -0.3 is 4.90 Å². The molecule has 2 aromatic rings. The molecule has 0 saturated carbocycles. The zero-order valence-electron chi connectivity index (χ0n) is 10.4. The van der Waals surface area contributed by atoms with Crippen LogP contribution in [0.4, 0.5) is 0 Å². The monoisotopic (exact) mass is 230 g/mol. The first-order chi connectivity index (χ1) is 8.26. The lowest BCUT2D eigenvalue weighted by Crippen LogP contribution is -2.19. The van der Waals surface area contributed by atoms with Crippen molar-refractivity contribution in [1.29, 1.82) is 0 Å². The van der Waals surface area contributed by atoms with Crippen molar-refractivity contribution in [1.82, 2.24) is 19.5 Å². The van der Waals surface area contributed by atoms with Crippen molar-refractivity contribution in [3.05, 3.63) is 29.7 Å². The van der Waals surface area contributed by atoms with Gasteiger partial charge >= 0.3 is 0 Å². The Kier molecular flexibility index (Phi) is 2.59. The Morgan fingerprint density at radius 1 is 1.41 bits per heavy atom. The van der Waals surface area contributed by atoms with Gasteiger partial charge in [0.25, 0.3) is 0 Å². The lowest BCUT2D eigenvalue weighted by molar-refractivity contribution is 0.352. The van der Waals surface area contributed by atoms with E-state index in [1.165, 1.54) is 18.5 Å². The molecule has 90 valence electrons. The van der Waals surface area contributed by atoms with Crippen LogP contribution in [0.15, 0.2) is 18.3 Å². The fraction of sp³-hybridized carbons (Fsp3) is 0.538. The lowest BCUT2D eigenvalue weighted by Gasteiger charge is -2.10. The minimum atomic E-state index is 0.509. The van der Waals surface area contributed by atoms with E-state index in [1.54, 1.807) is 0 Å². The molecule has 1 fully saturated rings. The molecule has 0 radical (unpaired) electrons. The van der Waals surface area contributed by atoms with Crippen LogP contribution in [0.1, 0.15) is 30.7 Å². The zero-order valence-corrected chi connectivity index (χ0v) is 10.4. The molecule has 1 saturated heterocycles. The van der Waals surface area contributed by atoms with Crippen LogP contribution in [-0.2, 0) is 0 Å². The third-order valence-electron chi connectivity index (χ3n) is 3.58. The third-order valence-corrected chi connectivity index (χ3v) is 3.58. The van der Waals surface area contributed by atoms with E-state index >= 15 is 0 Å². The molecule has 0 bridgehead atoms. The highest BCUT2D eigenvalue weighted by atomic mass is 15.3. The summed E-state index contributed by atoms with van der Waals surface area (Å²) in [5.41, 5.74) is 2.18. The van der Waals surface area contributed by atoms with E-state index in [0.717, 1.165) is 24.6 Å². The average Bonchev–Trinajstić information content (AvgIpc) is 2.93. The molecule has 0 aliphatic carbocycles. The van der Waals surface area contributed by atoms with Crippen molar-refractivity contribution in [2.45, 2.75) is 26.2 Å². The Labute approximate surface area is 101 Å². The molecule has 1 aliphatic rings. The normalized spacial score (nSPS) is 21.4. The molecule has 1 atom stereocenters. The highest BCUT2D eigenvalue weighted by molar-refractivity contribution is 5.38. The second kappa shape index (κ2) is 4.11. The largest absolute Gasteiger partial charge is 0.303 e. The quantitative estimate of drug-likeness (QED) is 0.789. The van der Waals surface area contributed by atoms with Crippen LogP contribution in [0, 0.1) is 6.92 Å². The maximum atomic E-state index is 4.63. The van der Waals surface area contributed by atoms with Crippen molar-refractivity contribution in [3.63, 3.8) is 0 Å². The maximum absolute atomic E-state index is 4.63. The first-order valence-electron chi connectivity index (χ1n) is 6.31. The van der Waals surface area contributed by atoms with E-state index in [9.17, 15) is 0 Å². The minimum absolute atomic E-state index is 0.509. The lowest BCUT2D eigenvalue weighted by atomic mass is 10.1. The second-order valence-corrected chi connectivity index (χ2v) is 4.86. The van der Waals surface area contributed by atoms with E-state index in [-0.39, 0.29) is 0 Å². The van der Waals surface area contributed by atoms with Crippen LogP contribution in [0.25, 0.3) is 5.65 Å². The molecule has 0 aromatic carbocycles. The summed E-state index contributed by atoms with van der Waals surface area (Å²) < 4.78 is 1.90. The van der Waals surface area contributed by atoms with Gasteiger partial charge in [0, 0.05) is 18.7 Å². The molecule has 0 N–H and O–H groups in total. The summed E-state index contributed by atoms with van der Waals surface area (Å²) >= 11 is 0. The molecule has 0 spiro atoms. The summed E-state index contributed by atoms with van der Waals surface area (Å²) in [6, 6.07) is 4.12. The summed E-state index contributed by atoms with van der Waals surface area (Å²) in [7, 11) is 0. The molecular formula is C13H18N4. The van der Waals surface area contributed by atoms with Crippen LogP contribution in [0.2, 0.25) is 0 Å². The Morgan fingerprint density at radius 2 is 2.29 bits per heavy atom. The van der Waals surface area contributed by atoms with Gasteiger partial charge in [-0.15, -0.1) is 0 Å². The van der Waals surface area contributed by atoms with E-state index < -0.39 is 0 Å². The Hall–Kier alpha value is -1.42. The standard InChI is InChI=1S/C13H18N4/c1-3-16-7-6-11(9-16)13-14-12-5-4-10(2)8-17(12)15-13/h4-5,8,11H,3,6-7,9H2,1-2H3. The van der Waals surface area contributed by atoms with Gasteiger partial charge in [0.15, 0.2) is 11.5 Å². The number of fused-ring (bicyclic) bond motifs is 1. The predicted octanol–water partition coefficient (Wildman–Crippen LogP) is 1.85. The number of hydrogen-bond donors (Lipinski definition) is 0. The van der Waals surface area contributed by atoms with Crippen molar-refractivity contribution in [3.8, 4) is 0 Å². The molecule has 3 rings (SSSR count). The molecule has 3 heterocycles. The highest BCUT2D eigenvalue weighted by Crippen LogP contribution is 2.24. The third kappa shape index (κ3) is 1.93. The number of nitrogens with zero attached hydrogens (tertiary/aromatic N) is 4. The smallest absolute Gasteiger partial charge is 0.156 e. The molecule has 2 aromatic heterocycles. The number of rotatable bonds is 2. The fourth-order valence-corrected chi connectivity index (χ4v) is 2.51. The first kappa shape index (κ1) is 10.7. The predicted molar refractivity (Wildman–Crippen MR) is 67.2 cm³/mol. The topological polar surface area (TPSA) is 33.4 Å². The molecule has 1 aliphatic heterocycles. The summed E-state index contributed by atoms with van der Waals surface area (Å²) in [6.45, 7) is 7.70. The van der Waals surface area contributed by atoms with E-state index in [0.29, 0.717) is 5.92 Å². The Balaban J connectivity index is 1.91. The summed E-state index contributed by atoms with van der Waals surface area (Å²) in [5, 5.41) is 4.60. The van der Waals surface area contributed by atoms with Crippen LogP contribution >= 0.6 is 0 Å². The molecular weight excluding hydrogens is 212 g/mol. The summed E-state index contributed by atoms with van der Waals surface area (Å²) in [4.78, 5) is 7.09. The molecule has 17 heavy (non-hydrogen) atoms. The van der Waals surface area contributed by atoms with Gasteiger partial charge in [-0.05, 0) is 38.1 Å². The van der Waals surface area contributed by atoms with Gasteiger partial charge in [0.2, 0.25) is 0 Å². The van der Waals surface area contributed by atoms with Crippen molar-refractivity contribution < 1.29 is 0 Å². The number of hydrogen-bond acceptors (Lipinski definition) is 3. The van der Waals surface area contributed by atoms with E-state index in [2.05, 4.69) is 34.9 Å². The van der Waals surface area contributed by atoms with Gasteiger partial charge in [-0.2, -0.15) is 5.10 Å². The maximum Gasteiger partial charge on any atom is 0.156 e. The summed E-state index contributed by atoms with van der Waals surface area (Å²) in [6.07, 6.45) is 3.22. The number of aromatic nitrogens is 3. The number of likely N-dealkylation sites (N-methyl/N-ethyl adjacent to an activating group) is 1. The molecule has 4 nitrogen and oxygen atoms in total. The average molecular weight is 230 g/mol. The SMILES string of the molecule is CCN1CCC(c2nc3ccc(C)cn3n2)C1. The van der Waals surface area contributed by atoms with Crippen LogP contribution < -0.4 is 0 Å². The van der Waals surface area contributed by atoms with Gasteiger partial charge in [0.05, 0.1) is 0 Å². The van der Waals surface area contributed by atoms with Crippen LogP contribution in [-0.4, -0.2) is 39.1 Å². The second-order valence-electron chi connectivity index (χ2n) is 4.86. The fourth-order valence-electron chi connectivity index (χ4n) is 2.51. The van der Waals surface area contributed by atoms with Crippen molar-refractivity contribution in [2.75, 3.05) is 19.6 Å². The number of aryl methyl sites for hydroxylation is 1. The van der Waals surface area contributed by atoms with Gasteiger partial charge in [0.1, 0.15) is 0 Å². The van der Waals surface area contributed by atoms with Crippen LogP contribution in [0.5, 0.6) is 0 Å². The highest BCUT2D eigenvalue weighted by Gasteiger charge is 2.25. The number of pyridine rings is 1. The van der Waals surface area contributed by atoms with Crippen molar-refractivity contribution in [2.24, 2.45) is 0 Å². The molecule has 1 unspecified atom stereocenters. The van der Waals surface area contributed by atoms with Gasteiger partial charge in [-0.25, -0.2) is 9.50 Å². The minimum Gasteiger partial charge on any atom is -0.303 e. The Bertz CT molecular complexity index is 531. The van der Waals surface area contributed by atoms with Crippen LogP contribution in [0.3, 0.4) is 0 Å².